The molecule has 1 aliphatic rings. The Morgan fingerprint density at radius 3 is 2.44 bits per heavy atom. The molecule has 1 aromatic carbocycles. The number of hydrogen-bond donors (Lipinski definition) is 1. The summed E-state index contributed by atoms with van der Waals surface area (Å²) < 4.78 is 5.20. The monoisotopic (exact) mass is 376 g/mol. The van der Waals surface area contributed by atoms with Gasteiger partial charge in [0.25, 0.3) is 0 Å². The van der Waals surface area contributed by atoms with Crippen LogP contribution in [0.3, 0.4) is 0 Å². The molecule has 0 aromatic heterocycles. The second-order valence-corrected chi connectivity index (χ2v) is 7.32. The molecule has 1 aromatic rings. The average Bonchev–Trinajstić information content (AvgIpc) is 3.04. The number of benzene rings is 1. The molecular formula is C21H32N2O4. The summed E-state index contributed by atoms with van der Waals surface area (Å²) in [5.41, 5.74) is 0.982. The maximum absolute atomic E-state index is 12.6. The minimum Gasteiger partial charge on any atom is -0.497 e. The zero-order valence-electron chi connectivity index (χ0n) is 16.9. The number of carbonyl (C=O) groups is 2. The van der Waals surface area contributed by atoms with Crippen molar-refractivity contribution in [3.8, 4) is 5.75 Å². The predicted molar refractivity (Wildman–Crippen MR) is 105 cm³/mol. The van der Waals surface area contributed by atoms with Gasteiger partial charge in [-0.15, -0.1) is 0 Å². The largest absolute Gasteiger partial charge is 0.497 e. The lowest BCUT2D eigenvalue weighted by atomic mass is 9.84. The van der Waals surface area contributed by atoms with Crippen molar-refractivity contribution in [3.05, 3.63) is 29.8 Å². The Hall–Kier alpha value is -2.08. The van der Waals surface area contributed by atoms with Crippen LogP contribution in [0.4, 0.5) is 0 Å². The van der Waals surface area contributed by atoms with Gasteiger partial charge in [-0.25, -0.2) is 0 Å². The first-order valence-electron chi connectivity index (χ1n) is 9.77. The number of unbranched alkanes of at least 4 members (excludes halogenated alkanes) is 1. The first kappa shape index (κ1) is 21.2. The number of aliphatic carboxylic acids is 1. The van der Waals surface area contributed by atoms with Gasteiger partial charge in [0, 0.05) is 32.1 Å². The number of ether oxygens (including phenoxy) is 1. The van der Waals surface area contributed by atoms with Gasteiger partial charge in [-0.05, 0) is 30.5 Å². The van der Waals surface area contributed by atoms with Gasteiger partial charge in [0.15, 0.2) is 0 Å². The maximum Gasteiger partial charge on any atom is 0.308 e. The van der Waals surface area contributed by atoms with Crippen LogP contribution in [0.5, 0.6) is 5.75 Å². The highest BCUT2D eigenvalue weighted by Gasteiger charge is 2.46. The zero-order valence-corrected chi connectivity index (χ0v) is 16.9. The van der Waals surface area contributed by atoms with Gasteiger partial charge in [-0.3, -0.25) is 14.5 Å². The molecule has 1 N–H and O–H groups in total. The standard InChI is InChI=1S/C21H32N2O4/c1-5-7-12-22(3)19(24)14-23-13-17(20(21(25)26)18(23)6-2)15-8-10-16(27-4)11-9-15/h8-11,17-18,20H,5-7,12-14H2,1-4H3,(H,25,26). The van der Waals surface area contributed by atoms with Crippen LogP contribution < -0.4 is 4.74 Å². The number of carboxylic acids is 1. The van der Waals surface area contributed by atoms with Crippen molar-refractivity contribution in [1.82, 2.24) is 9.80 Å². The van der Waals surface area contributed by atoms with Crippen LogP contribution in [0.1, 0.15) is 44.6 Å². The quantitative estimate of drug-likeness (QED) is 0.718. The van der Waals surface area contributed by atoms with Gasteiger partial charge in [-0.2, -0.15) is 0 Å². The Kier molecular flexibility index (Phi) is 7.66. The molecule has 1 saturated heterocycles. The fourth-order valence-electron chi connectivity index (χ4n) is 4.01. The van der Waals surface area contributed by atoms with Crippen molar-refractivity contribution >= 4 is 11.9 Å². The fourth-order valence-corrected chi connectivity index (χ4v) is 4.01. The molecule has 0 bridgehead atoms. The number of amides is 1. The van der Waals surface area contributed by atoms with E-state index in [4.69, 9.17) is 4.74 Å². The van der Waals surface area contributed by atoms with E-state index in [1.807, 2.05) is 38.2 Å². The van der Waals surface area contributed by atoms with Gasteiger partial charge >= 0.3 is 5.97 Å². The van der Waals surface area contributed by atoms with E-state index in [9.17, 15) is 14.7 Å². The van der Waals surface area contributed by atoms with E-state index in [1.54, 1.807) is 12.0 Å². The van der Waals surface area contributed by atoms with Gasteiger partial charge < -0.3 is 14.7 Å². The molecular weight excluding hydrogens is 344 g/mol. The van der Waals surface area contributed by atoms with E-state index < -0.39 is 11.9 Å². The summed E-state index contributed by atoms with van der Waals surface area (Å²) in [6.07, 6.45) is 2.72. The van der Waals surface area contributed by atoms with Crippen LogP contribution in [0.25, 0.3) is 0 Å². The number of carboxylic acid groups (broad SMARTS) is 1. The minimum atomic E-state index is -0.794. The van der Waals surface area contributed by atoms with E-state index in [0.29, 0.717) is 13.0 Å². The first-order chi connectivity index (χ1) is 12.9. The van der Waals surface area contributed by atoms with Crippen molar-refractivity contribution in [2.75, 3.05) is 33.8 Å². The average molecular weight is 376 g/mol. The molecule has 3 atom stereocenters. The molecule has 27 heavy (non-hydrogen) atoms. The van der Waals surface area contributed by atoms with Crippen LogP contribution in [0.2, 0.25) is 0 Å². The molecule has 0 aliphatic carbocycles. The molecule has 6 heteroatoms. The molecule has 3 unspecified atom stereocenters. The normalized spacial score (nSPS) is 22.6. The lowest BCUT2D eigenvalue weighted by Gasteiger charge is -2.27. The third-order valence-corrected chi connectivity index (χ3v) is 5.61. The van der Waals surface area contributed by atoms with Crippen LogP contribution >= 0.6 is 0 Å². The molecule has 0 radical (unpaired) electrons. The summed E-state index contributed by atoms with van der Waals surface area (Å²) in [5.74, 6) is -0.636. The Morgan fingerprint density at radius 2 is 1.93 bits per heavy atom. The highest BCUT2D eigenvalue weighted by molar-refractivity contribution is 5.79. The summed E-state index contributed by atoms with van der Waals surface area (Å²) in [6, 6.07) is 7.46. The Balaban J connectivity index is 2.18. The SMILES string of the molecule is CCCCN(C)C(=O)CN1CC(c2ccc(OC)cc2)C(C(=O)O)C1CC. The summed E-state index contributed by atoms with van der Waals surface area (Å²) in [5, 5.41) is 9.88. The minimum absolute atomic E-state index is 0.0569. The van der Waals surface area contributed by atoms with Gasteiger partial charge in [0.2, 0.25) is 5.91 Å². The number of hydrogen-bond acceptors (Lipinski definition) is 4. The van der Waals surface area contributed by atoms with Gasteiger partial charge in [-0.1, -0.05) is 32.4 Å². The number of likely N-dealkylation sites (N-methyl/N-ethyl adjacent to an activating group) is 1. The highest BCUT2D eigenvalue weighted by Crippen LogP contribution is 2.39. The van der Waals surface area contributed by atoms with Gasteiger partial charge in [0.05, 0.1) is 19.6 Å². The summed E-state index contributed by atoms with van der Waals surface area (Å²) >= 11 is 0. The van der Waals surface area contributed by atoms with E-state index in [1.165, 1.54) is 0 Å². The topological polar surface area (TPSA) is 70.1 Å². The number of nitrogens with zero attached hydrogens (tertiary/aromatic N) is 2. The molecule has 2 rings (SSSR count). The van der Waals surface area contributed by atoms with Gasteiger partial charge in [0.1, 0.15) is 5.75 Å². The molecule has 0 spiro atoms. The predicted octanol–water partition coefficient (Wildman–Crippen LogP) is 2.83. The number of likely N-dealkylation sites (tertiary alicyclic amines) is 1. The van der Waals surface area contributed by atoms with E-state index in [0.717, 1.165) is 30.7 Å². The highest BCUT2D eigenvalue weighted by atomic mass is 16.5. The first-order valence-corrected chi connectivity index (χ1v) is 9.77. The Bertz CT molecular complexity index is 632. The second kappa shape index (κ2) is 9.74. The van der Waals surface area contributed by atoms with Crippen molar-refractivity contribution in [1.29, 1.82) is 0 Å². The van der Waals surface area contributed by atoms with Crippen LogP contribution in [0.15, 0.2) is 24.3 Å². The van der Waals surface area contributed by atoms with E-state index in [2.05, 4.69) is 11.8 Å². The lowest BCUT2D eigenvalue weighted by molar-refractivity contribution is -0.143. The summed E-state index contributed by atoms with van der Waals surface area (Å²) in [4.78, 5) is 28.4. The zero-order chi connectivity index (χ0) is 20.0. The number of rotatable bonds is 9. The lowest BCUT2D eigenvalue weighted by Crippen LogP contribution is -2.42. The van der Waals surface area contributed by atoms with E-state index in [-0.39, 0.29) is 24.4 Å². The third kappa shape index (κ3) is 5.01. The van der Waals surface area contributed by atoms with Crippen molar-refractivity contribution in [2.45, 2.75) is 45.1 Å². The molecule has 1 amide bonds. The third-order valence-electron chi connectivity index (χ3n) is 5.61. The summed E-state index contributed by atoms with van der Waals surface area (Å²) in [6.45, 7) is 5.69. The van der Waals surface area contributed by atoms with Crippen LogP contribution in [-0.4, -0.2) is 66.6 Å². The van der Waals surface area contributed by atoms with Crippen molar-refractivity contribution < 1.29 is 19.4 Å². The smallest absolute Gasteiger partial charge is 0.308 e. The second-order valence-electron chi connectivity index (χ2n) is 7.32. The molecule has 1 aliphatic heterocycles. The Morgan fingerprint density at radius 1 is 1.26 bits per heavy atom. The van der Waals surface area contributed by atoms with Crippen LogP contribution in [-0.2, 0) is 9.59 Å². The summed E-state index contributed by atoms with van der Waals surface area (Å²) in [7, 11) is 3.44. The number of methoxy groups -OCH3 is 1. The molecule has 0 saturated carbocycles. The van der Waals surface area contributed by atoms with E-state index >= 15 is 0 Å². The molecule has 1 heterocycles. The molecule has 1 fully saturated rings. The fraction of sp³-hybridized carbons (Fsp3) is 0.619. The Labute approximate surface area is 162 Å². The van der Waals surface area contributed by atoms with Crippen LogP contribution in [0, 0.1) is 5.92 Å². The maximum atomic E-state index is 12.6. The molecule has 150 valence electrons. The van der Waals surface area contributed by atoms with Crippen molar-refractivity contribution in [2.24, 2.45) is 5.92 Å². The molecule has 6 nitrogen and oxygen atoms in total. The van der Waals surface area contributed by atoms with Crippen molar-refractivity contribution in [3.63, 3.8) is 0 Å². The number of carbonyl (C=O) groups excluding carboxylic acids is 1.